The van der Waals surface area contributed by atoms with Gasteiger partial charge in [-0.2, -0.15) is 7.05 Å². The fraction of sp³-hybridized carbons (Fsp3) is 0.500. The molecule has 0 aliphatic heterocycles. The van der Waals surface area contributed by atoms with Crippen molar-refractivity contribution in [3.05, 3.63) is 19.7 Å². The molecule has 0 radical (unpaired) electrons. The first-order valence-corrected chi connectivity index (χ1v) is 2.71. The van der Waals surface area contributed by atoms with Crippen LogP contribution in [0.15, 0.2) is 12.7 Å². The molecule has 0 aliphatic carbocycles. The summed E-state index contributed by atoms with van der Waals surface area (Å²) in [6, 6.07) is 0. The van der Waals surface area contributed by atoms with E-state index in [1.807, 2.05) is 5.32 Å². The number of quaternary nitrogens is 1. The fourth-order valence-corrected chi connectivity index (χ4v) is 0.333. The van der Waals surface area contributed by atoms with Gasteiger partial charge in [0.25, 0.3) is 0 Å². The van der Waals surface area contributed by atoms with Gasteiger partial charge in [0.2, 0.25) is 0 Å². The van der Waals surface area contributed by atoms with Gasteiger partial charge in [-0.25, -0.2) is 0 Å². The summed E-state index contributed by atoms with van der Waals surface area (Å²) in [6.07, 6.45) is 1.74. The van der Waals surface area contributed by atoms with Crippen molar-refractivity contribution < 1.29 is 10.1 Å². The Morgan fingerprint density at radius 2 is 2.50 bits per heavy atom. The van der Waals surface area contributed by atoms with Gasteiger partial charge in [-0.1, -0.05) is 6.08 Å². The van der Waals surface area contributed by atoms with E-state index in [1.165, 1.54) is 0 Å². The lowest BCUT2D eigenvalue weighted by Crippen LogP contribution is -2.78. The number of hydrogen-bond acceptors (Lipinski definition) is 1. The van der Waals surface area contributed by atoms with Crippen LogP contribution >= 0.6 is 0 Å². The van der Waals surface area contributed by atoms with Crippen LogP contribution in [0.4, 0.5) is 0 Å². The van der Waals surface area contributed by atoms with Gasteiger partial charge in [0.05, 0.1) is 19.8 Å². The minimum absolute atomic E-state index is 0.647. The van der Waals surface area contributed by atoms with E-state index in [1.54, 1.807) is 6.08 Å². The molecule has 0 atom stereocenters. The normalized spacial score (nSPS) is 9.12. The molecule has 0 aromatic carbocycles. The molecule has 2 nitrogen and oxygen atoms in total. The maximum absolute atomic E-state index is 5.03. The maximum Gasteiger partial charge on any atom is 0.0938 e. The first-order valence-electron chi connectivity index (χ1n) is 2.71. The van der Waals surface area contributed by atoms with Crippen LogP contribution in [0.5, 0.6) is 0 Å². The summed E-state index contributed by atoms with van der Waals surface area (Å²) in [5.74, 6) is 0. The smallest absolute Gasteiger partial charge is 0.0938 e. The molecule has 0 aromatic rings. The first kappa shape index (κ1) is 7.66. The van der Waals surface area contributed by atoms with E-state index in [4.69, 9.17) is 4.74 Å². The van der Waals surface area contributed by atoms with E-state index < -0.39 is 0 Å². The van der Waals surface area contributed by atoms with E-state index in [-0.39, 0.29) is 0 Å². The van der Waals surface area contributed by atoms with Gasteiger partial charge in [0, 0.05) is 0 Å². The molecule has 0 rings (SSSR count). The Morgan fingerprint density at radius 1 is 1.75 bits per heavy atom. The van der Waals surface area contributed by atoms with Gasteiger partial charge in [0.15, 0.2) is 0 Å². The zero-order chi connectivity index (χ0) is 6.24. The number of nitrogens with two attached hydrogens (primary N) is 1. The summed E-state index contributed by atoms with van der Waals surface area (Å²) in [6.45, 7) is 5.84. The molecular weight excluding hydrogens is 102 g/mol. The molecule has 0 heterocycles. The van der Waals surface area contributed by atoms with E-state index in [2.05, 4.69) is 13.6 Å². The number of ether oxygens (including phenoxy) is 1. The lowest BCUT2D eigenvalue weighted by atomic mass is 10.6. The average molecular weight is 115 g/mol. The standard InChI is InChI=1S/C6H13NO/c1-3-5-8-6-4-7-2/h3H,1-2,4-7H2. The molecule has 48 valence electrons. The molecule has 0 aliphatic rings. The molecule has 8 heavy (non-hydrogen) atoms. The van der Waals surface area contributed by atoms with Crippen molar-refractivity contribution in [3.8, 4) is 0 Å². The second kappa shape index (κ2) is 6.66. The third kappa shape index (κ3) is 5.66. The van der Waals surface area contributed by atoms with Crippen molar-refractivity contribution in [1.82, 2.24) is 0 Å². The molecule has 0 spiro atoms. The van der Waals surface area contributed by atoms with Crippen LogP contribution in [-0.2, 0) is 4.74 Å². The van der Waals surface area contributed by atoms with Crippen LogP contribution in [0.1, 0.15) is 0 Å². The molecule has 2 N–H and O–H groups in total. The molecular formula is C6H13NO. The van der Waals surface area contributed by atoms with Gasteiger partial charge in [-0.3, -0.25) is 0 Å². The van der Waals surface area contributed by atoms with E-state index in [0.29, 0.717) is 6.61 Å². The molecule has 0 fully saturated rings. The van der Waals surface area contributed by atoms with Crippen molar-refractivity contribution in [1.29, 1.82) is 0 Å². The summed E-state index contributed by atoms with van der Waals surface area (Å²) < 4.78 is 5.03. The van der Waals surface area contributed by atoms with Gasteiger partial charge in [-0.15, -0.1) is 6.58 Å². The lowest BCUT2D eigenvalue weighted by molar-refractivity contribution is -0.597. The number of rotatable bonds is 5. The summed E-state index contributed by atoms with van der Waals surface area (Å²) in [7, 11) is 3.55. The minimum atomic E-state index is 0.647. The monoisotopic (exact) mass is 115 g/mol. The topological polar surface area (TPSA) is 25.8 Å². The van der Waals surface area contributed by atoms with Crippen LogP contribution in [0.3, 0.4) is 0 Å². The number of hydrogen-bond donors (Lipinski definition) is 1. The zero-order valence-corrected chi connectivity index (χ0v) is 5.10. The summed E-state index contributed by atoms with van der Waals surface area (Å²) in [5.41, 5.74) is 0. The predicted molar refractivity (Wildman–Crippen MR) is 33.2 cm³/mol. The minimum Gasteiger partial charge on any atom is -0.477 e. The highest BCUT2D eigenvalue weighted by molar-refractivity contribution is 4.63. The average Bonchev–Trinajstić information content (AvgIpc) is 1.81. The van der Waals surface area contributed by atoms with Gasteiger partial charge >= 0.3 is 0 Å². The van der Waals surface area contributed by atoms with E-state index in [9.17, 15) is 0 Å². The molecule has 0 bridgehead atoms. The first-order chi connectivity index (χ1) is 3.91. The van der Waals surface area contributed by atoms with Crippen LogP contribution in [-0.4, -0.2) is 19.8 Å². The molecule has 0 saturated carbocycles. The summed E-state index contributed by atoms with van der Waals surface area (Å²) in [4.78, 5) is 0. The Bertz CT molecular complexity index is 54.5. The van der Waals surface area contributed by atoms with Gasteiger partial charge in [-0.05, 0) is 0 Å². The molecule has 0 aromatic heterocycles. The van der Waals surface area contributed by atoms with Crippen molar-refractivity contribution in [3.63, 3.8) is 0 Å². The highest BCUT2D eigenvalue weighted by Crippen LogP contribution is 1.69. The van der Waals surface area contributed by atoms with Crippen molar-refractivity contribution in [2.24, 2.45) is 0 Å². The maximum atomic E-state index is 5.03. The lowest BCUT2D eigenvalue weighted by Gasteiger charge is -1.98. The highest BCUT2D eigenvalue weighted by Gasteiger charge is 1.79. The predicted octanol–water partition coefficient (Wildman–Crippen LogP) is -0.456. The zero-order valence-electron chi connectivity index (χ0n) is 5.10. The van der Waals surface area contributed by atoms with Gasteiger partial charge in [0.1, 0.15) is 0 Å². The Hall–Kier alpha value is -0.340. The third-order valence-electron chi connectivity index (χ3n) is 0.702. The van der Waals surface area contributed by atoms with Crippen LogP contribution in [0, 0.1) is 7.05 Å². The highest BCUT2D eigenvalue weighted by atomic mass is 16.5. The second-order valence-corrected chi connectivity index (χ2v) is 1.44. The molecule has 0 amide bonds. The van der Waals surface area contributed by atoms with Crippen molar-refractivity contribution in [2.45, 2.75) is 0 Å². The van der Waals surface area contributed by atoms with E-state index in [0.717, 1.165) is 13.2 Å². The Kier molecular flexibility index (Phi) is 6.38. The fourth-order valence-electron chi connectivity index (χ4n) is 0.333. The Labute approximate surface area is 50.5 Å². The largest absolute Gasteiger partial charge is 0.477 e. The summed E-state index contributed by atoms with van der Waals surface area (Å²) in [5, 5.41) is 1.84. The molecule has 0 saturated heterocycles. The van der Waals surface area contributed by atoms with Gasteiger partial charge < -0.3 is 10.1 Å². The van der Waals surface area contributed by atoms with Crippen molar-refractivity contribution in [2.75, 3.05) is 19.8 Å². The van der Waals surface area contributed by atoms with Crippen LogP contribution in [0.2, 0.25) is 0 Å². The molecule has 2 heteroatoms. The third-order valence-corrected chi connectivity index (χ3v) is 0.702. The van der Waals surface area contributed by atoms with E-state index >= 15 is 0 Å². The second-order valence-electron chi connectivity index (χ2n) is 1.44. The SMILES string of the molecule is C=CCOCC[NH2+][CH2-]. The van der Waals surface area contributed by atoms with Crippen molar-refractivity contribution >= 4 is 0 Å². The molecule has 0 unspecified atom stereocenters. The Morgan fingerprint density at radius 3 is 3.00 bits per heavy atom. The van der Waals surface area contributed by atoms with Crippen LogP contribution in [0.25, 0.3) is 0 Å². The van der Waals surface area contributed by atoms with Crippen LogP contribution < -0.4 is 5.32 Å². The Balaban J connectivity index is 2.62. The summed E-state index contributed by atoms with van der Waals surface area (Å²) >= 11 is 0. The quantitative estimate of drug-likeness (QED) is 0.293.